The van der Waals surface area contributed by atoms with Gasteiger partial charge in [-0.1, -0.05) is 5.92 Å². The molecule has 0 amide bonds. The summed E-state index contributed by atoms with van der Waals surface area (Å²) >= 11 is 5.11. The Morgan fingerprint density at radius 3 is 2.81 bits per heavy atom. The van der Waals surface area contributed by atoms with E-state index in [1.807, 2.05) is 6.07 Å². The molecule has 0 aliphatic rings. The van der Waals surface area contributed by atoms with Crippen LogP contribution in [0.4, 0.5) is 0 Å². The number of hydrogen-bond donors (Lipinski definition) is 2. The molecule has 1 rings (SSSR count). The highest BCUT2D eigenvalue weighted by Gasteiger charge is 1.99. The average Bonchev–Trinajstić information content (AvgIpc) is 2.65. The quantitative estimate of drug-likeness (QED) is 0.345. The van der Waals surface area contributed by atoms with Gasteiger partial charge in [0.1, 0.15) is 0 Å². The van der Waals surface area contributed by atoms with Gasteiger partial charge in [-0.05, 0) is 28.1 Å². The first-order valence-corrected chi connectivity index (χ1v) is 5.99. The summed E-state index contributed by atoms with van der Waals surface area (Å²) in [6.07, 6.45) is 5.14. The number of rotatable bonds is 3. The van der Waals surface area contributed by atoms with E-state index >= 15 is 0 Å². The van der Waals surface area contributed by atoms with Gasteiger partial charge < -0.3 is 10.6 Å². The van der Waals surface area contributed by atoms with Crippen LogP contribution in [-0.4, -0.2) is 19.6 Å². The van der Waals surface area contributed by atoms with Gasteiger partial charge in [0.25, 0.3) is 0 Å². The van der Waals surface area contributed by atoms with Crippen LogP contribution in [-0.2, 0) is 6.54 Å². The van der Waals surface area contributed by atoms with Gasteiger partial charge in [0.05, 0.1) is 16.9 Å². The molecule has 16 heavy (non-hydrogen) atoms. The summed E-state index contributed by atoms with van der Waals surface area (Å²) in [6.45, 7) is 1.23. The molecule has 0 aliphatic carbocycles. The fraction of sp³-hybridized carbons (Fsp3) is 0.300. The Kier molecular flexibility index (Phi) is 8.70. The van der Waals surface area contributed by atoms with Crippen molar-refractivity contribution in [1.29, 1.82) is 0 Å². The summed E-state index contributed by atoms with van der Waals surface area (Å²) in [4.78, 5) is 5.28. The summed E-state index contributed by atoms with van der Waals surface area (Å²) in [5.74, 6) is 3.22. The highest BCUT2D eigenvalue weighted by molar-refractivity contribution is 14.0. The molecular weight excluding hydrogens is 401 g/mol. The minimum Gasteiger partial charge on any atom is -0.352 e. The maximum atomic E-state index is 5.14. The van der Waals surface area contributed by atoms with Crippen molar-refractivity contribution in [2.45, 2.75) is 6.54 Å². The van der Waals surface area contributed by atoms with Crippen LogP contribution in [0, 0.1) is 12.3 Å². The molecule has 88 valence electrons. The third-order valence-corrected chi connectivity index (χ3v) is 3.26. The van der Waals surface area contributed by atoms with Gasteiger partial charge in [0.15, 0.2) is 5.96 Å². The van der Waals surface area contributed by atoms with E-state index in [1.165, 1.54) is 4.88 Å². The van der Waals surface area contributed by atoms with Crippen LogP contribution in [0.25, 0.3) is 0 Å². The van der Waals surface area contributed by atoms with Gasteiger partial charge in [-0.15, -0.1) is 41.7 Å². The Morgan fingerprint density at radius 1 is 1.56 bits per heavy atom. The van der Waals surface area contributed by atoms with E-state index in [4.69, 9.17) is 6.42 Å². The highest BCUT2D eigenvalue weighted by Crippen LogP contribution is 2.21. The largest absolute Gasteiger partial charge is 0.352 e. The molecule has 0 atom stereocenters. The Labute approximate surface area is 125 Å². The lowest BCUT2D eigenvalue weighted by Gasteiger charge is -2.08. The minimum absolute atomic E-state index is 0. The SMILES string of the molecule is C#CCNC(=NC)NCc1ccc(Br)s1.I. The number of terminal acetylenes is 1. The van der Waals surface area contributed by atoms with Crippen LogP contribution in [0.2, 0.25) is 0 Å². The monoisotopic (exact) mass is 413 g/mol. The number of thiophene rings is 1. The van der Waals surface area contributed by atoms with Crippen LogP contribution < -0.4 is 10.6 Å². The molecule has 2 N–H and O–H groups in total. The van der Waals surface area contributed by atoms with E-state index in [0.717, 1.165) is 16.3 Å². The molecule has 0 aliphatic heterocycles. The van der Waals surface area contributed by atoms with E-state index in [1.54, 1.807) is 18.4 Å². The van der Waals surface area contributed by atoms with Crippen molar-refractivity contribution in [3.05, 3.63) is 20.8 Å². The van der Waals surface area contributed by atoms with Crippen LogP contribution in [0.15, 0.2) is 20.9 Å². The molecule has 0 spiro atoms. The van der Waals surface area contributed by atoms with E-state index in [-0.39, 0.29) is 24.0 Å². The Hall–Kier alpha value is -0.260. The summed E-state index contributed by atoms with van der Waals surface area (Å²) in [5, 5.41) is 6.16. The molecular formula is C10H13BrIN3S. The van der Waals surface area contributed by atoms with Crippen molar-refractivity contribution < 1.29 is 0 Å². The maximum absolute atomic E-state index is 5.14. The number of guanidine groups is 1. The Balaban J connectivity index is 0.00000225. The molecule has 0 fully saturated rings. The third kappa shape index (κ3) is 5.72. The van der Waals surface area contributed by atoms with Crippen molar-refractivity contribution in [1.82, 2.24) is 10.6 Å². The molecule has 1 aromatic heterocycles. The van der Waals surface area contributed by atoms with Crippen molar-refractivity contribution in [3.8, 4) is 12.3 Å². The van der Waals surface area contributed by atoms with E-state index in [0.29, 0.717) is 6.54 Å². The second-order valence-electron chi connectivity index (χ2n) is 2.69. The topological polar surface area (TPSA) is 36.4 Å². The molecule has 3 nitrogen and oxygen atoms in total. The van der Waals surface area contributed by atoms with E-state index in [2.05, 4.69) is 43.5 Å². The van der Waals surface area contributed by atoms with Crippen molar-refractivity contribution in [2.75, 3.05) is 13.6 Å². The second-order valence-corrected chi connectivity index (χ2v) is 5.24. The van der Waals surface area contributed by atoms with Crippen LogP contribution in [0.5, 0.6) is 0 Å². The van der Waals surface area contributed by atoms with Gasteiger partial charge in [0, 0.05) is 11.9 Å². The zero-order chi connectivity index (χ0) is 11.1. The number of aliphatic imine (C=N–C) groups is 1. The molecule has 0 unspecified atom stereocenters. The lowest BCUT2D eigenvalue weighted by Crippen LogP contribution is -2.36. The molecule has 1 heterocycles. The van der Waals surface area contributed by atoms with Gasteiger partial charge in [0.2, 0.25) is 0 Å². The van der Waals surface area contributed by atoms with Gasteiger partial charge >= 0.3 is 0 Å². The molecule has 6 heteroatoms. The predicted octanol–water partition coefficient (Wildman–Crippen LogP) is 2.43. The lowest BCUT2D eigenvalue weighted by molar-refractivity contribution is 0.863. The lowest BCUT2D eigenvalue weighted by atomic mass is 10.5. The zero-order valence-electron chi connectivity index (χ0n) is 8.79. The molecule has 1 aromatic rings. The highest BCUT2D eigenvalue weighted by atomic mass is 127. The minimum atomic E-state index is 0. The molecule has 0 radical (unpaired) electrons. The van der Waals surface area contributed by atoms with Crippen molar-refractivity contribution >= 4 is 57.2 Å². The smallest absolute Gasteiger partial charge is 0.192 e. The Morgan fingerprint density at radius 2 is 2.31 bits per heavy atom. The normalized spacial score (nSPS) is 10.2. The average molecular weight is 414 g/mol. The summed E-state index contributed by atoms with van der Waals surface area (Å²) < 4.78 is 1.13. The third-order valence-electron chi connectivity index (χ3n) is 1.64. The zero-order valence-corrected chi connectivity index (χ0v) is 13.5. The number of nitrogens with zero attached hydrogens (tertiary/aromatic N) is 1. The summed E-state index contributed by atoms with van der Waals surface area (Å²) in [6, 6.07) is 4.09. The number of nitrogens with one attached hydrogen (secondary N) is 2. The number of halogens is 2. The summed E-state index contributed by atoms with van der Waals surface area (Å²) in [5.41, 5.74) is 0. The second kappa shape index (κ2) is 8.84. The number of hydrogen-bond acceptors (Lipinski definition) is 2. The first kappa shape index (κ1) is 15.7. The standard InChI is InChI=1S/C10H12BrN3S.HI/c1-3-6-13-10(12-2)14-7-8-4-5-9(11)15-8;/h1,4-5H,6-7H2,2H3,(H2,12,13,14);1H. The van der Waals surface area contributed by atoms with Crippen LogP contribution in [0.1, 0.15) is 4.88 Å². The van der Waals surface area contributed by atoms with Crippen molar-refractivity contribution in [3.63, 3.8) is 0 Å². The molecule has 0 saturated heterocycles. The van der Waals surface area contributed by atoms with Crippen LogP contribution >= 0.6 is 51.2 Å². The van der Waals surface area contributed by atoms with Crippen LogP contribution in [0.3, 0.4) is 0 Å². The van der Waals surface area contributed by atoms with E-state index in [9.17, 15) is 0 Å². The molecule has 0 bridgehead atoms. The summed E-state index contributed by atoms with van der Waals surface area (Å²) in [7, 11) is 1.72. The first-order chi connectivity index (χ1) is 7.26. The predicted molar refractivity (Wildman–Crippen MR) is 84.5 cm³/mol. The molecule has 0 aromatic carbocycles. The Bertz CT molecular complexity index is 384. The van der Waals surface area contributed by atoms with Crippen molar-refractivity contribution in [2.24, 2.45) is 4.99 Å². The molecule has 0 saturated carbocycles. The first-order valence-electron chi connectivity index (χ1n) is 4.38. The van der Waals surface area contributed by atoms with E-state index < -0.39 is 0 Å². The van der Waals surface area contributed by atoms with Gasteiger partial charge in [-0.25, -0.2) is 0 Å². The maximum Gasteiger partial charge on any atom is 0.192 e. The van der Waals surface area contributed by atoms with Gasteiger partial charge in [-0.2, -0.15) is 0 Å². The fourth-order valence-electron chi connectivity index (χ4n) is 0.973. The fourth-order valence-corrected chi connectivity index (χ4v) is 2.40. The van der Waals surface area contributed by atoms with Gasteiger partial charge in [-0.3, -0.25) is 4.99 Å².